The van der Waals surface area contributed by atoms with Crippen LogP contribution < -0.4 is 0 Å². The molecule has 0 atom stereocenters. The Kier molecular flexibility index (Phi) is 6.31. The minimum atomic E-state index is 0.684. The Morgan fingerprint density at radius 1 is 1.18 bits per heavy atom. The Morgan fingerprint density at radius 3 is 2.53 bits per heavy atom. The molecule has 1 aromatic carbocycles. The van der Waals surface area contributed by atoms with Gasteiger partial charge in [0.2, 0.25) is 0 Å². The molecule has 1 nitrogen and oxygen atoms in total. The first-order chi connectivity index (χ1) is 8.22. The number of allylic oxidation sites excluding steroid dienone is 2. The summed E-state index contributed by atoms with van der Waals surface area (Å²) in [7, 11) is 0. The number of carbonyl (C=O) groups is 1. The van der Waals surface area contributed by atoms with Gasteiger partial charge in [0.25, 0.3) is 0 Å². The van der Waals surface area contributed by atoms with E-state index in [1.165, 1.54) is 16.7 Å². The van der Waals surface area contributed by atoms with E-state index in [2.05, 4.69) is 44.2 Å². The summed E-state index contributed by atoms with van der Waals surface area (Å²) < 4.78 is 0. The molecule has 1 heteroatoms. The predicted octanol–water partition coefficient (Wildman–Crippen LogP) is 4.24. The van der Waals surface area contributed by atoms with Crippen LogP contribution in [0.2, 0.25) is 0 Å². The fourth-order valence-corrected chi connectivity index (χ4v) is 1.81. The van der Waals surface area contributed by atoms with Gasteiger partial charge < -0.3 is 4.79 Å². The maximum absolute atomic E-state index is 10.2. The van der Waals surface area contributed by atoms with E-state index in [4.69, 9.17) is 0 Å². The van der Waals surface area contributed by atoms with Crippen LogP contribution in [0.4, 0.5) is 0 Å². The van der Waals surface area contributed by atoms with Gasteiger partial charge in [-0.05, 0) is 45.1 Å². The van der Waals surface area contributed by atoms with Crippen molar-refractivity contribution in [2.24, 2.45) is 0 Å². The fourth-order valence-electron chi connectivity index (χ4n) is 1.81. The number of aryl methyl sites for hydroxylation is 2. The topological polar surface area (TPSA) is 17.1 Å². The molecule has 0 N–H and O–H groups in total. The summed E-state index contributed by atoms with van der Waals surface area (Å²) in [4.78, 5) is 10.2. The number of benzene rings is 1. The van der Waals surface area contributed by atoms with E-state index in [0.717, 1.165) is 32.0 Å². The molecule has 1 aromatic rings. The molecular weight excluding hydrogens is 208 g/mol. The highest BCUT2D eigenvalue weighted by Crippen LogP contribution is 2.10. The molecule has 0 aromatic heterocycles. The van der Waals surface area contributed by atoms with Crippen LogP contribution in [-0.2, 0) is 11.2 Å². The van der Waals surface area contributed by atoms with Crippen molar-refractivity contribution in [1.29, 1.82) is 0 Å². The van der Waals surface area contributed by atoms with E-state index in [0.29, 0.717) is 6.42 Å². The Labute approximate surface area is 105 Å². The van der Waals surface area contributed by atoms with E-state index in [-0.39, 0.29) is 0 Å². The van der Waals surface area contributed by atoms with E-state index in [1.54, 1.807) is 0 Å². The summed E-state index contributed by atoms with van der Waals surface area (Å²) in [5.41, 5.74) is 4.11. The second kappa shape index (κ2) is 7.83. The van der Waals surface area contributed by atoms with Crippen LogP contribution in [-0.4, -0.2) is 6.29 Å². The van der Waals surface area contributed by atoms with Gasteiger partial charge in [0.1, 0.15) is 6.29 Å². The molecule has 0 aliphatic rings. The average Bonchev–Trinajstić information content (AvgIpc) is 2.32. The second-order valence-corrected chi connectivity index (χ2v) is 4.63. The minimum absolute atomic E-state index is 0.684. The van der Waals surface area contributed by atoms with Crippen LogP contribution in [0.5, 0.6) is 0 Å². The lowest BCUT2D eigenvalue weighted by Gasteiger charge is -2.01. The molecule has 0 spiro atoms. The van der Waals surface area contributed by atoms with Crippen molar-refractivity contribution in [2.45, 2.75) is 46.0 Å². The van der Waals surface area contributed by atoms with Gasteiger partial charge in [-0.3, -0.25) is 0 Å². The first-order valence-corrected chi connectivity index (χ1v) is 6.37. The van der Waals surface area contributed by atoms with E-state index in [9.17, 15) is 4.79 Å². The average molecular weight is 230 g/mol. The molecule has 92 valence electrons. The molecule has 0 unspecified atom stereocenters. The maximum Gasteiger partial charge on any atom is 0.120 e. The summed E-state index contributed by atoms with van der Waals surface area (Å²) in [5.74, 6) is 0. The molecule has 0 heterocycles. The van der Waals surface area contributed by atoms with Crippen molar-refractivity contribution in [1.82, 2.24) is 0 Å². The fraction of sp³-hybridized carbons (Fsp3) is 0.438. The molecule has 1 rings (SSSR count). The predicted molar refractivity (Wildman–Crippen MR) is 73.2 cm³/mol. The summed E-state index contributed by atoms with van der Waals surface area (Å²) in [6.45, 7) is 4.26. The lowest BCUT2D eigenvalue weighted by molar-refractivity contribution is -0.107. The second-order valence-electron chi connectivity index (χ2n) is 4.63. The van der Waals surface area contributed by atoms with Crippen molar-refractivity contribution in [3.8, 4) is 0 Å². The van der Waals surface area contributed by atoms with Gasteiger partial charge in [0, 0.05) is 6.42 Å². The van der Waals surface area contributed by atoms with E-state index in [1.807, 2.05) is 0 Å². The van der Waals surface area contributed by atoms with Gasteiger partial charge >= 0.3 is 0 Å². The third-order valence-corrected chi connectivity index (χ3v) is 2.94. The number of rotatable bonds is 7. The summed E-state index contributed by atoms with van der Waals surface area (Å²) in [6.07, 6.45) is 8.21. The van der Waals surface area contributed by atoms with Gasteiger partial charge in [0.15, 0.2) is 0 Å². The zero-order valence-electron chi connectivity index (χ0n) is 10.9. The Bertz CT molecular complexity index is 360. The van der Waals surface area contributed by atoms with Crippen LogP contribution in [0.3, 0.4) is 0 Å². The van der Waals surface area contributed by atoms with Gasteiger partial charge in [-0.15, -0.1) is 0 Å². The number of aldehydes is 1. The zero-order valence-corrected chi connectivity index (χ0v) is 10.9. The molecule has 0 aliphatic heterocycles. The van der Waals surface area contributed by atoms with Gasteiger partial charge in [0.05, 0.1) is 0 Å². The third kappa shape index (κ3) is 6.06. The van der Waals surface area contributed by atoms with Crippen molar-refractivity contribution in [3.63, 3.8) is 0 Å². The van der Waals surface area contributed by atoms with Gasteiger partial charge in [-0.1, -0.05) is 41.5 Å². The first kappa shape index (κ1) is 13.7. The highest BCUT2D eigenvalue weighted by Gasteiger charge is 1.93. The number of carbonyl (C=O) groups excluding carboxylic acids is 1. The molecule has 17 heavy (non-hydrogen) atoms. The molecule has 0 saturated carbocycles. The van der Waals surface area contributed by atoms with Crippen LogP contribution in [0.15, 0.2) is 35.9 Å². The molecule has 0 bridgehead atoms. The summed E-state index contributed by atoms with van der Waals surface area (Å²) in [6, 6.07) is 8.72. The number of hydrogen-bond acceptors (Lipinski definition) is 1. The molecule has 0 radical (unpaired) electrons. The standard InChI is InChI=1S/C16H22O/c1-14(6-3-4-13-17)7-5-8-16-11-9-15(2)10-12-16/h7,9-13H,3-6,8H2,1-2H3. The smallest absolute Gasteiger partial charge is 0.120 e. The van der Waals surface area contributed by atoms with Crippen molar-refractivity contribution >= 4 is 6.29 Å². The number of hydrogen-bond donors (Lipinski definition) is 0. The Hall–Kier alpha value is -1.37. The molecule has 0 saturated heterocycles. The largest absolute Gasteiger partial charge is 0.303 e. The number of unbranched alkanes of at least 4 members (excludes halogenated alkanes) is 1. The van der Waals surface area contributed by atoms with Crippen LogP contribution >= 0.6 is 0 Å². The zero-order chi connectivity index (χ0) is 12.5. The van der Waals surface area contributed by atoms with Crippen LogP contribution in [0, 0.1) is 6.92 Å². The van der Waals surface area contributed by atoms with Crippen LogP contribution in [0.25, 0.3) is 0 Å². The normalized spacial score (nSPS) is 11.5. The quantitative estimate of drug-likeness (QED) is 0.389. The molecule has 0 aliphatic carbocycles. The highest BCUT2D eigenvalue weighted by atomic mass is 16.1. The molecular formula is C16H22O. The van der Waals surface area contributed by atoms with E-state index >= 15 is 0 Å². The minimum Gasteiger partial charge on any atom is -0.303 e. The van der Waals surface area contributed by atoms with Crippen molar-refractivity contribution in [3.05, 3.63) is 47.0 Å². The lowest BCUT2D eigenvalue weighted by Crippen LogP contribution is -1.85. The highest BCUT2D eigenvalue weighted by molar-refractivity contribution is 5.49. The lowest BCUT2D eigenvalue weighted by atomic mass is 10.0. The summed E-state index contributed by atoms with van der Waals surface area (Å²) in [5, 5.41) is 0. The SMILES string of the molecule is CC(=CCCc1ccc(C)cc1)CCCC=O. The summed E-state index contributed by atoms with van der Waals surface area (Å²) >= 11 is 0. The van der Waals surface area contributed by atoms with Gasteiger partial charge in [-0.25, -0.2) is 0 Å². The Morgan fingerprint density at radius 2 is 1.88 bits per heavy atom. The molecule has 0 fully saturated rings. The van der Waals surface area contributed by atoms with Crippen molar-refractivity contribution < 1.29 is 4.79 Å². The van der Waals surface area contributed by atoms with Gasteiger partial charge in [-0.2, -0.15) is 0 Å². The Balaban J connectivity index is 2.28. The monoisotopic (exact) mass is 230 g/mol. The maximum atomic E-state index is 10.2. The van der Waals surface area contributed by atoms with E-state index < -0.39 is 0 Å². The van der Waals surface area contributed by atoms with Crippen LogP contribution in [0.1, 0.15) is 43.7 Å². The first-order valence-electron chi connectivity index (χ1n) is 6.37. The molecule has 0 amide bonds. The third-order valence-electron chi connectivity index (χ3n) is 2.94. The van der Waals surface area contributed by atoms with Crippen molar-refractivity contribution in [2.75, 3.05) is 0 Å².